The maximum absolute atomic E-state index is 13.0. The third kappa shape index (κ3) is 4.04. The summed E-state index contributed by atoms with van der Waals surface area (Å²) in [5.41, 5.74) is 1.58. The lowest BCUT2D eigenvalue weighted by Crippen LogP contribution is -2.28. The minimum Gasteiger partial charge on any atom is -0.497 e. The molecule has 5 rings (SSSR count). The number of methoxy groups -OCH3 is 1. The molecular weight excluding hydrogens is 430 g/mol. The van der Waals surface area contributed by atoms with Gasteiger partial charge < -0.3 is 13.6 Å². The van der Waals surface area contributed by atoms with E-state index in [4.69, 9.17) is 13.6 Å². The van der Waals surface area contributed by atoms with E-state index < -0.39 is 0 Å². The first-order chi connectivity index (χ1) is 15.7. The van der Waals surface area contributed by atoms with Crippen molar-refractivity contribution in [3.8, 4) is 17.1 Å². The summed E-state index contributed by atoms with van der Waals surface area (Å²) in [5.74, 6) is 2.66. The number of hydrogen-bond donors (Lipinski definition) is 1. The Morgan fingerprint density at radius 1 is 1.19 bits per heavy atom. The minimum absolute atomic E-state index is 0.131. The van der Waals surface area contributed by atoms with Crippen LogP contribution < -0.4 is 4.74 Å². The van der Waals surface area contributed by atoms with E-state index in [1.165, 1.54) is 16.8 Å². The molecule has 32 heavy (non-hydrogen) atoms. The Hall–Kier alpha value is -3.79. The van der Waals surface area contributed by atoms with E-state index in [1.807, 2.05) is 36.4 Å². The van der Waals surface area contributed by atoms with Crippen LogP contribution in [0.1, 0.15) is 24.0 Å². The number of aromatic amines is 1. The average molecular weight is 449 g/mol. The van der Waals surface area contributed by atoms with Gasteiger partial charge in [0.2, 0.25) is 5.16 Å². The zero-order valence-corrected chi connectivity index (χ0v) is 17.9. The fraction of sp³-hybridized carbons (Fsp3) is 0.182. The van der Waals surface area contributed by atoms with Crippen molar-refractivity contribution in [3.05, 3.63) is 72.6 Å². The van der Waals surface area contributed by atoms with Gasteiger partial charge in [-0.3, -0.25) is 9.89 Å². The van der Waals surface area contributed by atoms with E-state index in [-0.39, 0.29) is 17.7 Å². The highest BCUT2D eigenvalue weighted by Gasteiger charge is 2.35. The first-order valence-corrected chi connectivity index (χ1v) is 10.9. The number of ether oxygens (including phenoxy) is 1. The van der Waals surface area contributed by atoms with Gasteiger partial charge in [-0.05, 0) is 48.5 Å². The van der Waals surface area contributed by atoms with Gasteiger partial charge in [-0.15, -0.1) is 5.10 Å². The van der Waals surface area contributed by atoms with Gasteiger partial charge in [0.1, 0.15) is 29.0 Å². The second-order valence-corrected chi connectivity index (χ2v) is 7.92. The number of H-pyrrole nitrogens is 1. The molecule has 0 fully saturated rings. The van der Waals surface area contributed by atoms with E-state index >= 15 is 0 Å². The lowest BCUT2D eigenvalue weighted by Gasteiger charge is -2.19. The maximum atomic E-state index is 13.0. The molecule has 1 aromatic carbocycles. The van der Waals surface area contributed by atoms with Crippen molar-refractivity contribution in [1.29, 1.82) is 0 Å². The molecule has 4 aromatic rings. The highest BCUT2D eigenvalue weighted by molar-refractivity contribution is 7.99. The third-order valence-electron chi connectivity index (χ3n) is 5.00. The van der Waals surface area contributed by atoms with Crippen molar-refractivity contribution in [2.24, 2.45) is 5.10 Å². The van der Waals surface area contributed by atoms with Crippen LogP contribution in [0, 0.1) is 0 Å². The molecule has 0 spiro atoms. The van der Waals surface area contributed by atoms with E-state index in [9.17, 15) is 4.79 Å². The quantitative estimate of drug-likeness (QED) is 0.422. The van der Waals surface area contributed by atoms with E-state index in [2.05, 4.69) is 20.3 Å². The van der Waals surface area contributed by atoms with Crippen molar-refractivity contribution in [3.63, 3.8) is 0 Å². The van der Waals surface area contributed by atoms with Gasteiger partial charge in [-0.1, -0.05) is 11.8 Å². The molecule has 0 radical (unpaired) electrons. The molecule has 0 aliphatic carbocycles. The molecule has 0 saturated carbocycles. The summed E-state index contributed by atoms with van der Waals surface area (Å²) in [5, 5.41) is 13.6. The SMILES string of the molecule is COc1ccc(-c2nc(SCC(=O)N3N=C(c4ccco4)CC3c3ccco3)n[nH]2)cc1. The molecule has 9 nitrogen and oxygen atoms in total. The van der Waals surface area contributed by atoms with Crippen LogP contribution in [0.2, 0.25) is 0 Å². The third-order valence-corrected chi connectivity index (χ3v) is 5.83. The van der Waals surface area contributed by atoms with E-state index in [1.54, 1.807) is 31.8 Å². The van der Waals surface area contributed by atoms with Crippen LogP contribution in [0.5, 0.6) is 5.75 Å². The standard InChI is InChI=1S/C22H19N5O4S/c1-29-15-8-6-14(7-9-15)21-23-22(25-24-21)32-13-20(28)27-17(19-5-3-11-31-19)12-16(26-27)18-4-2-10-30-18/h2-11,17H,12-13H2,1H3,(H,23,24,25). The molecule has 10 heteroatoms. The number of rotatable bonds is 7. The molecule has 0 saturated heterocycles. The Bertz CT molecular complexity index is 1220. The van der Waals surface area contributed by atoms with Crippen molar-refractivity contribution in [2.45, 2.75) is 17.6 Å². The van der Waals surface area contributed by atoms with Crippen molar-refractivity contribution < 1.29 is 18.4 Å². The molecule has 3 aromatic heterocycles. The molecular formula is C22H19N5O4S. The molecule has 162 valence electrons. The molecule has 1 amide bonds. The van der Waals surface area contributed by atoms with Crippen LogP contribution in [-0.4, -0.2) is 44.7 Å². The largest absolute Gasteiger partial charge is 0.497 e. The number of furan rings is 2. The van der Waals surface area contributed by atoms with Crippen molar-refractivity contribution in [1.82, 2.24) is 20.2 Å². The number of amides is 1. The molecule has 1 atom stereocenters. The number of benzene rings is 1. The Labute approximate surface area is 187 Å². The molecule has 1 aliphatic heterocycles. The van der Waals surface area contributed by atoms with Crippen LogP contribution in [0.4, 0.5) is 0 Å². The summed E-state index contributed by atoms with van der Waals surface area (Å²) >= 11 is 1.24. The maximum Gasteiger partial charge on any atom is 0.253 e. The second kappa shape index (κ2) is 8.75. The van der Waals surface area contributed by atoms with Gasteiger partial charge in [0.05, 0.1) is 25.4 Å². The first-order valence-electron chi connectivity index (χ1n) is 9.87. The molecule has 0 bridgehead atoms. The van der Waals surface area contributed by atoms with Crippen LogP contribution in [-0.2, 0) is 4.79 Å². The zero-order valence-electron chi connectivity index (χ0n) is 17.1. The number of carbonyl (C=O) groups is 1. The van der Waals surface area contributed by atoms with Gasteiger partial charge >= 0.3 is 0 Å². The van der Waals surface area contributed by atoms with Crippen molar-refractivity contribution in [2.75, 3.05) is 12.9 Å². The van der Waals surface area contributed by atoms with Gasteiger partial charge in [0.15, 0.2) is 5.82 Å². The predicted molar refractivity (Wildman–Crippen MR) is 117 cm³/mol. The zero-order chi connectivity index (χ0) is 21.9. The smallest absolute Gasteiger partial charge is 0.253 e. The Kier molecular flexibility index (Phi) is 5.51. The molecule has 1 aliphatic rings. The summed E-state index contributed by atoms with van der Waals surface area (Å²) in [7, 11) is 1.62. The Balaban J connectivity index is 1.28. The number of nitrogens with zero attached hydrogens (tertiary/aromatic N) is 4. The van der Waals surface area contributed by atoms with Crippen molar-refractivity contribution >= 4 is 23.4 Å². The number of nitrogens with one attached hydrogen (secondary N) is 1. The summed E-state index contributed by atoms with van der Waals surface area (Å²) in [6, 6.07) is 14.4. The summed E-state index contributed by atoms with van der Waals surface area (Å²) in [4.78, 5) is 17.5. The average Bonchev–Trinajstić information content (AvgIpc) is 3.63. The fourth-order valence-electron chi connectivity index (χ4n) is 3.42. The van der Waals surface area contributed by atoms with Gasteiger partial charge in [0, 0.05) is 12.0 Å². The summed E-state index contributed by atoms with van der Waals surface area (Å²) in [6.45, 7) is 0. The number of hydrogen-bond acceptors (Lipinski definition) is 8. The Morgan fingerprint density at radius 2 is 2.00 bits per heavy atom. The van der Waals surface area contributed by atoms with E-state index in [0.29, 0.717) is 34.6 Å². The highest BCUT2D eigenvalue weighted by Crippen LogP contribution is 2.34. The molecule has 4 heterocycles. The normalized spacial score (nSPS) is 15.7. The predicted octanol–water partition coefficient (Wildman–Crippen LogP) is 4.14. The Morgan fingerprint density at radius 3 is 2.72 bits per heavy atom. The number of thioether (sulfide) groups is 1. The van der Waals surface area contributed by atoms with Crippen LogP contribution >= 0.6 is 11.8 Å². The second-order valence-electron chi connectivity index (χ2n) is 6.98. The van der Waals surface area contributed by atoms with Gasteiger partial charge in [-0.2, -0.15) is 5.10 Å². The molecule has 1 N–H and O–H groups in total. The summed E-state index contributed by atoms with van der Waals surface area (Å²) < 4.78 is 16.2. The minimum atomic E-state index is -0.319. The molecule has 1 unspecified atom stereocenters. The topological polar surface area (TPSA) is 110 Å². The monoisotopic (exact) mass is 449 g/mol. The number of hydrazone groups is 1. The fourth-order valence-corrected chi connectivity index (χ4v) is 4.07. The number of carbonyl (C=O) groups excluding carboxylic acids is 1. The van der Waals surface area contributed by atoms with Gasteiger partial charge in [-0.25, -0.2) is 9.99 Å². The van der Waals surface area contributed by atoms with Crippen LogP contribution in [0.3, 0.4) is 0 Å². The summed E-state index contributed by atoms with van der Waals surface area (Å²) in [6.07, 6.45) is 3.69. The van der Waals surface area contributed by atoms with Gasteiger partial charge in [0.25, 0.3) is 5.91 Å². The lowest BCUT2D eigenvalue weighted by atomic mass is 10.1. The van der Waals surface area contributed by atoms with Crippen LogP contribution in [0.25, 0.3) is 11.4 Å². The van der Waals surface area contributed by atoms with E-state index in [0.717, 1.165) is 11.3 Å². The van der Waals surface area contributed by atoms with Crippen LogP contribution in [0.15, 0.2) is 80.1 Å². The lowest BCUT2D eigenvalue weighted by molar-refractivity contribution is -0.130. The highest BCUT2D eigenvalue weighted by atomic mass is 32.2. The first kappa shape index (κ1) is 20.1. The number of aromatic nitrogens is 3.